The summed E-state index contributed by atoms with van der Waals surface area (Å²) < 4.78 is 29.4. The van der Waals surface area contributed by atoms with Crippen LogP contribution in [0.3, 0.4) is 0 Å². The molecule has 0 aliphatic heterocycles. The molecule has 0 atom stereocenters. The largest absolute Gasteiger partial charge is 0.318 e. The molecule has 0 saturated heterocycles. The van der Waals surface area contributed by atoms with Crippen molar-refractivity contribution in [2.24, 2.45) is 7.05 Å². The number of aromatic nitrogens is 1. The van der Waals surface area contributed by atoms with Crippen LogP contribution < -0.4 is 0 Å². The molecule has 5 rings (SSSR count). The lowest BCUT2D eigenvalue weighted by Crippen LogP contribution is -1.92. The van der Waals surface area contributed by atoms with Crippen LogP contribution in [-0.2, 0) is 7.05 Å². The van der Waals surface area contributed by atoms with Crippen LogP contribution in [0.4, 0.5) is 8.78 Å². The molecule has 0 amide bonds. The predicted octanol–water partition coefficient (Wildman–Crippen LogP) is 6.22. The van der Waals surface area contributed by atoms with Crippen molar-refractivity contribution in [1.82, 2.24) is 4.57 Å². The molecule has 1 heterocycles. The van der Waals surface area contributed by atoms with Crippen LogP contribution in [0, 0.1) is 18.7 Å². The van der Waals surface area contributed by atoms with E-state index in [0.29, 0.717) is 10.9 Å². The van der Waals surface area contributed by atoms with E-state index in [0.717, 1.165) is 21.5 Å². The zero-order valence-electron chi connectivity index (χ0n) is 13.9. The van der Waals surface area contributed by atoms with Gasteiger partial charge < -0.3 is 4.57 Å². The van der Waals surface area contributed by atoms with E-state index >= 15 is 0 Å². The first-order chi connectivity index (χ1) is 12.1. The van der Waals surface area contributed by atoms with E-state index in [1.54, 1.807) is 13.1 Å². The van der Waals surface area contributed by atoms with Crippen molar-refractivity contribution >= 4 is 43.2 Å². The minimum Gasteiger partial charge on any atom is -0.318 e. The molecule has 0 aliphatic rings. The second-order valence-electron chi connectivity index (χ2n) is 6.62. The zero-order valence-corrected chi connectivity index (χ0v) is 13.9. The van der Waals surface area contributed by atoms with E-state index in [9.17, 15) is 8.78 Å². The number of benzene rings is 4. The van der Waals surface area contributed by atoms with Gasteiger partial charge in [0.2, 0.25) is 5.95 Å². The Hall–Kier alpha value is -2.94. The summed E-state index contributed by atoms with van der Waals surface area (Å²) in [4.78, 5) is 0. The van der Waals surface area contributed by atoms with Crippen LogP contribution >= 0.6 is 0 Å². The van der Waals surface area contributed by atoms with Crippen molar-refractivity contribution in [3.63, 3.8) is 0 Å². The summed E-state index contributed by atoms with van der Waals surface area (Å²) >= 11 is 0. The standard InChI is InChI=1S/C22H15F2N/c1-12-4-3-5-14-13(12)6-7-16-15(14)8-10-18-17(16)9-11-19-20(23)22(24)25(2)21(18)19/h3-11H,1-2H3. The molecule has 0 aliphatic carbocycles. The van der Waals surface area contributed by atoms with Gasteiger partial charge in [-0.15, -0.1) is 0 Å². The Kier molecular flexibility index (Phi) is 2.76. The van der Waals surface area contributed by atoms with Gasteiger partial charge in [-0.2, -0.15) is 4.39 Å². The molecule has 25 heavy (non-hydrogen) atoms. The minimum absolute atomic E-state index is 0.323. The number of aryl methyl sites for hydroxylation is 2. The van der Waals surface area contributed by atoms with Gasteiger partial charge in [0.05, 0.1) is 5.52 Å². The highest BCUT2D eigenvalue weighted by Gasteiger charge is 2.18. The van der Waals surface area contributed by atoms with E-state index < -0.39 is 11.8 Å². The quantitative estimate of drug-likeness (QED) is 0.297. The fraction of sp³-hybridized carbons (Fsp3) is 0.0909. The van der Waals surface area contributed by atoms with Crippen molar-refractivity contribution in [2.75, 3.05) is 0 Å². The van der Waals surface area contributed by atoms with Crippen LogP contribution in [0.15, 0.2) is 54.6 Å². The Morgan fingerprint density at radius 2 is 1.16 bits per heavy atom. The average Bonchev–Trinajstić information content (AvgIpc) is 2.86. The summed E-state index contributed by atoms with van der Waals surface area (Å²) in [5, 5.41) is 6.87. The third-order valence-electron chi connectivity index (χ3n) is 5.29. The van der Waals surface area contributed by atoms with Gasteiger partial charge in [-0.05, 0) is 45.5 Å². The summed E-state index contributed by atoms with van der Waals surface area (Å²) in [7, 11) is 1.56. The maximum Gasteiger partial charge on any atom is 0.230 e. The number of fused-ring (bicyclic) bond motifs is 7. The van der Waals surface area contributed by atoms with E-state index in [4.69, 9.17) is 0 Å². The Bertz CT molecular complexity index is 1330. The molecule has 0 bridgehead atoms. The second kappa shape index (κ2) is 4.79. The normalized spacial score (nSPS) is 12.0. The van der Waals surface area contributed by atoms with Gasteiger partial charge in [0.1, 0.15) is 0 Å². The number of hydrogen-bond donors (Lipinski definition) is 0. The monoisotopic (exact) mass is 331 g/mol. The highest BCUT2D eigenvalue weighted by atomic mass is 19.2. The molecule has 4 aromatic carbocycles. The molecule has 122 valence electrons. The summed E-state index contributed by atoms with van der Waals surface area (Å²) in [6.45, 7) is 2.11. The molecule has 1 aromatic heterocycles. The van der Waals surface area contributed by atoms with Gasteiger partial charge in [-0.25, -0.2) is 4.39 Å². The third kappa shape index (κ3) is 1.75. The van der Waals surface area contributed by atoms with E-state index in [-0.39, 0.29) is 0 Å². The fourth-order valence-corrected chi connectivity index (χ4v) is 4.03. The lowest BCUT2D eigenvalue weighted by molar-refractivity contribution is 0.466. The van der Waals surface area contributed by atoms with Gasteiger partial charge in [0.15, 0.2) is 5.82 Å². The van der Waals surface area contributed by atoms with Gasteiger partial charge >= 0.3 is 0 Å². The molecule has 1 nitrogen and oxygen atoms in total. The Labute approximate surface area is 143 Å². The minimum atomic E-state index is -0.822. The summed E-state index contributed by atoms with van der Waals surface area (Å²) in [6, 6.07) is 18.1. The van der Waals surface area contributed by atoms with Crippen molar-refractivity contribution in [3.8, 4) is 0 Å². The third-order valence-corrected chi connectivity index (χ3v) is 5.29. The van der Waals surface area contributed by atoms with Crippen LogP contribution in [0.2, 0.25) is 0 Å². The summed E-state index contributed by atoms with van der Waals surface area (Å²) in [5.74, 6) is -1.61. The smallest absolute Gasteiger partial charge is 0.230 e. The maximum absolute atomic E-state index is 14.1. The molecule has 5 aromatic rings. The highest BCUT2D eigenvalue weighted by molar-refractivity contribution is 6.21. The lowest BCUT2D eigenvalue weighted by Gasteiger charge is -2.10. The van der Waals surface area contributed by atoms with Gasteiger partial charge in [0.25, 0.3) is 0 Å². The Morgan fingerprint density at radius 3 is 1.88 bits per heavy atom. The summed E-state index contributed by atoms with van der Waals surface area (Å²) in [5.41, 5.74) is 1.83. The molecule has 0 N–H and O–H groups in total. The van der Waals surface area contributed by atoms with Gasteiger partial charge in [-0.1, -0.05) is 48.5 Å². The van der Waals surface area contributed by atoms with E-state index in [1.807, 2.05) is 12.1 Å². The topological polar surface area (TPSA) is 4.93 Å². The Balaban J connectivity index is 2.03. The van der Waals surface area contributed by atoms with Crippen LogP contribution in [0.1, 0.15) is 5.56 Å². The van der Waals surface area contributed by atoms with Gasteiger partial charge in [0, 0.05) is 17.8 Å². The molecule has 0 unspecified atom stereocenters. The van der Waals surface area contributed by atoms with Crippen molar-refractivity contribution in [2.45, 2.75) is 6.92 Å². The van der Waals surface area contributed by atoms with E-state index in [1.165, 1.54) is 20.9 Å². The number of halogens is 2. The number of rotatable bonds is 0. The molecule has 0 saturated carbocycles. The number of hydrogen-bond acceptors (Lipinski definition) is 0. The summed E-state index contributed by atoms with van der Waals surface area (Å²) in [6.07, 6.45) is 0. The second-order valence-corrected chi connectivity index (χ2v) is 6.62. The fourth-order valence-electron chi connectivity index (χ4n) is 4.03. The highest BCUT2D eigenvalue weighted by Crippen LogP contribution is 2.36. The number of nitrogens with zero attached hydrogens (tertiary/aromatic N) is 1. The van der Waals surface area contributed by atoms with Gasteiger partial charge in [-0.3, -0.25) is 0 Å². The molecule has 0 radical (unpaired) electrons. The van der Waals surface area contributed by atoms with Crippen LogP contribution in [0.25, 0.3) is 43.2 Å². The molecular formula is C22H15F2N. The maximum atomic E-state index is 14.1. The first-order valence-electron chi connectivity index (χ1n) is 8.25. The average molecular weight is 331 g/mol. The van der Waals surface area contributed by atoms with Crippen molar-refractivity contribution < 1.29 is 8.78 Å². The van der Waals surface area contributed by atoms with Crippen LogP contribution in [-0.4, -0.2) is 4.57 Å². The molecule has 0 fully saturated rings. The zero-order chi connectivity index (χ0) is 17.3. The van der Waals surface area contributed by atoms with Crippen molar-refractivity contribution in [1.29, 1.82) is 0 Å². The van der Waals surface area contributed by atoms with Crippen molar-refractivity contribution in [3.05, 3.63) is 71.9 Å². The predicted molar refractivity (Wildman–Crippen MR) is 100 cm³/mol. The molecule has 3 heteroatoms. The Morgan fingerprint density at radius 1 is 0.640 bits per heavy atom. The molecular weight excluding hydrogens is 316 g/mol. The molecule has 0 spiro atoms. The SMILES string of the molecule is Cc1cccc2c1ccc1c2ccc2c1ccc1c(F)c(F)n(C)c12. The van der Waals surface area contributed by atoms with Crippen LogP contribution in [0.5, 0.6) is 0 Å². The van der Waals surface area contributed by atoms with E-state index in [2.05, 4.69) is 43.3 Å². The first kappa shape index (κ1) is 14.4. The lowest BCUT2D eigenvalue weighted by atomic mass is 9.94. The first-order valence-corrected chi connectivity index (χ1v) is 8.25.